The zero-order chi connectivity index (χ0) is 49.9. The molecule has 6 aromatic rings. The SMILES string of the molecule is CN(C)C(=O)c1ccc(NC2CCC(Oc3cc(N4CCOCC4)cc4nccnc34)CC2)nc1.O=C(N[C@@H]1CCOC1)c1cnc(NC2CCC(Oc3cc(N4CCOCC4)cc4nccnc34)CC2)nc1. The van der Waals surface area contributed by atoms with Crippen LogP contribution >= 0.6 is 0 Å². The summed E-state index contributed by atoms with van der Waals surface area (Å²) in [4.78, 5) is 62.0. The summed E-state index contributed by atoms with van der Waals surface area (Å²) in [5, 5.41) is 9.88. The lowest BCUT2D eigenvalue weighted by molar-refractivity contribution is 0.0826. The van der Waals surface area contributed by atoms with Crippen LogP contribution in [-0.4, -0.2) is 162 Å². The molecule has 5 aliphatic rings. The summed E-state index contributed by atoms with van der Waals surface area (Å²) in [6.07, 6.45) is 20.3. The standard InChI is InChI=1S/C27H33N7O4.C26H32N6O3/c35-26(32-20-5-10-37-17-20)18-15-30-27(31-16-18)33-19-1-3-22(4-2-19)38-24-14-21(34-8-11-36-12-9-34)13-23-25(24)29-7-6-28-23;1-31(2)26(33)18-3-8-24(29-17-18)30-19-4-6-21(7-5-19)35-23-16-20(32-11-13-34-14-12-32)15-22-25(23)28-10-9-27-22/h6-7,13-16,19-20,22H,1-5,8-12,17H2,(H,32,35)(H,30,31,33);3,8-10,15-17,19,21H,4-7,11-14H2,1-2H3,(H,29,30)/t19?,20-,22?;/m1./s1. The van der Waals surface area contributed by atoms with Gasteiger partial charge in [-0.25, -0.2) is 24.9 Å². The van der Waals surface area contributed by atoms with Crippen molar-refractivity contribution in [3.63, 3.8) is 0 Å². The number of amides is 2. The van der Waals surface area contributed by atoms with Gasteiger partial charge in [0, 0.05) is 126 Å². The molecular formula is C53H65N13O7. The predicted molar refractivity (Wildman–Crippen MR) is 277 cm³/mol. The molecule has 2 aliphatic carbocycles. The number of fused-ring (bicyclic) bond motifs is 2. The Morgan fingerprint density at radius 1 is 0.562 bits per heavy atom. The molecule has 2 aromatic carbocycles. The van der Waals surface area contributed by atoms with Crippen molar-refractivity contribution in [3.8, 4) is 11.5 Å². The summed E-state index contributed by atoms with van der Waals surface area (Å²) in [5.41, 5.74) is 6.54. The van der Waals surface area contributed by atoms with E-state index in [0.29, 0.717) is 36.3 Å². The van der Waals surface area contributed by atoms with Gasteiger partial charge in [0.25, 0.3) is 11.8 Å². The number of anilines is 4. The number of benzene rings is 2. The zero-order valence-corrected chi connectivity index (χ0v) is 41.7. The summed E-state index contributed by atoms with van der Waals surface area (Å²) in [5.74, 6) is 2.71. The molecule has 1 atom stereocenters. The molecule has 0 radical (unpaired) electrons. The van der Waals surface area contributed by atoms with E-state index in [1.165, 1.54) is 0 Å². The van der Waals surface area contributed by atoms with Gasteiger partial charge in [0.1, 0.15) is 28.4 Å². The number of morpholine rings is 2. The summed E-state index contributed by atoms with van der Waals surface area (Å²) in [6, 6.07) is 12.7. The Morgan fingerprint density at radius 2 is 1.08 bits per heavy atom. The molecule has 0 bridgehead atoms. The fraction of sp³-hybridized carbons (Fsp3) is 0.491. The molecule has 11 rings (SSSR count). The Labute approximate surface area is 425 Å². The highest BCUT2D eigenvalue weighted by molar-refractivity contribution is 5.94. The largest absolute Gasteiger partial charge is 0.488 e. The van der Waals surface area contributed by atoms with Crippen LogP contribution in [0.4, 0.5) is 23.1 Å². The molecule has 2 saturated carbocycles. The molecule has 5 fully saturated rings. The first-order valence-corrected chi connectivity index (χ1v) is 25.7. The number of carbonyl (C=O) groups is 2. The van der Waals surface area contributed by atoms with Crippen LogP contribution in [0.25, 0.3) is 22.1 Å². The van der Waals surface area contributed by atoms with Gasteiger partial charge in [0.15, 0.2) is 0 Å². The second-order valence-corrected chi connectivity index (χ2v) is 19.4. The summed E-state index contributed by atoms with van der Waals surface area (Å²) < 4.78 is 29.4. The van der Waals surface area contributed by atoms with Crippen molar-refractivity contribution < 1.29 is 33.3 Å². The smallest absolute Gasteiger partial charge is 0.254 e. The number of hydrogen-bond acceptors (Lipinski definition) is 18. The van der Waals surface area contributed by atoms with Crippen LogP contribution in [0.1, 0.15) is 78.5 Å². The van der Waals surface area contributed by atoms with Crippen LogP contribution in [0, 0.1) is 0 Å². The highest BCUT2D eigenvalue weighted by Gasteiger charge is 2.27. The van der Waals surface area contributed by atoms with Crippen LogP contribution in [0.2, 0.25) is 0 Å². The first-order valence-electron chi connectivity index (χ1n) is 25.7. The molecule has 20 nitrogen and oxygen atoms in total. The molecule has 0 spiro atoms. The maximum Gasteiger partial charge on any atom is 0.254 e. The molecule has 4 aromatic heterocycles. The van der Waals surface area contributed by atoms with Gasteiger partial charge in [0.05, 0.1) is 73.4 Å². The molecule has 3 N–H and O–H groups in total. The minimum Gasteiger partial charge on any atom is -0.488 e. The van der Waals surface area contributed by atoms with Crippen molar-refractivity contribution in [3.05, 3.63) is 90.9 Å². The molecule has 0 unspecified atom stereocenters. The number of aromatic nitrogens is 7. The van der Waals surface area contributed by atoms with E-state index in [9.17, 15) is 9.59 Å². The van der Waals surface area contributed by atoms with Gasteiger partial charge in [-0.3, -0.25) is 19.6 Å². The van der Waals surface area contributed by atoms with Crippen LogP contribution in [-0.2, 0) is 14.2 Å². The normalized spacial score (nSPS) is 22.2. The lowest BCUT2D eigenvalue weighted by Crippen LogP contribution is -2.36. The fourth-order valence-corrected chi connectivity index (χ4v) is 9.95. The summed E-state index contributed by atoms with van der Waals surface area (Å²) in [6.45, 7) is 7.58. The van der Waals surface area contributed by atoms with E-state index in [4.69, 9.17) is 23.7 Å². The van der Waals surface area contributed by atoms with Crippen molar-refractivity contribution >= 4 is 57.0 Å². The van der Waals surface area contributed by atoms with Crippen molar-refractivity contribution in [2.75, 3.05) is 100 Å². The average molecular weight is 996 g/mol. The van der Waals surface area contributed by atoms with Crippen molar-refractivity contribution in [2.24, 2.45) is 0 Å². The number of nitrogens with one attached hydrogen (secondary N) is 3. The Bertz CT molecular complexity index is 2770. The molecular weight excluding hydrogens is 931 g/mol. The highest BCUT2D eigenvalue weighted by atomic mass is 16.5. The predicted octanol–water partition coefficient (Wildman–Crippen LogP) is 5.94. The molecule has 20 heteroatoms. The monoisotopic (exact) mass is 996 g/mol. The van der Waals surface area contributed by atoms with Gasteiger partial charge in [-0.05, 0) is 82.1 Å². The van der Waals surface area contributed by atoms with Crippen molar-refractivity contribution in [1.29, 1.82) is 0 Å². The highest BCUT2D eigenvalue weighted by Crippen LogP contribution is 2.35. The van der Waals surface area contributed by atoms with Gasteiger partial charge in [0.2, 0.25) is 5.95 Å². The number of ether oxygens (including phenoxy) is 5. The van der Waals surface area contributed by atoms with E-state index >= 15 is 0 Å². The number of carbonyl (C=O) groups excluding carboxylic acids is 2. The summed E-state index contributed by atoms with van der Waals surface area (Å²) in [7, 11) is 3.48. The fourth-order valence-electron chi connectivity index (χ4n) is 9.95. The van der Waals surface area contributed by atoms with E-state index in [2.05, 4.69) is 84.9 Å². The maximum absolute atomic E-state index is 12.4. The van der Waals surface area contributed by atoms with E-state index in [-0.39, 0.29) is 36.1 Å². The minimum atomic E-state index is -0.167. The van der Waals surface area contributed by atoms with Crippen LogP contribution < -0.4 is 35.2 Å². The van der Waals surface area contributed by atoms with Gasteiger partial charge < -0.3 is 54.3 Å². The third-order valence-electron chi connectivity index (χ3n) is 14.0. The molecule has 73 heavy (non-hydrogen) atoms. The third-order valence-corrected chi connectivity index (χ3v) is 14.0. The van der Waals surface area contributed by atoms with Gasteiger partial charge in [-0.1, -0.05) is 0 Å². The lowest BCUT2D eigenvalue weighted by atomic mass is 9.93. The molecule has 7 heterocycles. The Morgan fingerprint density at radius 3 is 1.58 bits per heavy atom. The van der Waals surface area contributed by atoms with E-state index < -0.39 is 0 Å². The molecule has 3 aliphatic heterocycles. The Balaban J connectivity index is 0.000000168. The van der Waals surface area contributed by atoms with Crippen LogP contribution in [0.3, 0.4) is 0 Å². The first-order chi connectivity index (χ1) is 35.8. The number of hydrogen-bond donors (Lipinski definition) is 3. The second-order valence-electron chi connectivity index (χ2n) is 19.4. The van der Waals surface area contributed by atoms with Crippen LogP contribution in [0.15, 0.2) is 79.8 Å². The Kier molecular flexibility index (Phi) is 16.1. The van der Waals surface area contributed by atoms with Gasteiger partial charge in [-0.15, -0.1) is 0 Å². The lowest BCUT2D eigenvalue weighted by Gasteiger charge is -2.31. The number of pyridine rings is 1. The maximum atomic E-state index is 12.4. The molecule has 3 saturated heterocycles. The molecule has 2 amide bonds. The van der Waals surface area contributed by atoms with Gasteiger partial charge >= 0.3 is 0 Å². The topological polar surface area (TPSA) is 216 Å². The first kappa shape index (κ1) is 49.5. The van der Waals surface area contributed by atoms with Crippen molar-refractivity contribution in [1.82, 2.24) is 45.1 Å². The number of rotatable bonds is 13. The van der Waals surface area contributed by atoms with Gasteiger partial charge in [-0.2, -0.15) is 0 Å². The zero-order valence-electron chi connectivity index (χ0n) is 41.7. The van der Waals surface area contributed by atoms with Crippen LogP contribution in [0.5, 0.6) is 11.5 Å². The van der Waals surface area contributed by atoms with Crippen molar-refractivity contribution in [2.45, 2.75) is 88.1 Å². The van der Waals surface area contributed by atoms with E-state index in [0.717, 1.165) is 161 Å². The van der Waals surface area contributed by atoms with E-state index in [1.807, 2.05) is 12.1 Å². The number of nitrogens with zero attached hydrogens (tertiary/aromatic N) is 10. The third kappa shape index (κ3) is 12.8. The second kappa shape index (κ2) is 23.7. The van der Waals surface area contributed by atoms with E-state index in [1.54, 1.807) is 62.4 Å². The Hall–Kier alpha value is -7.03. The quantitative estimate of drug-likeness (QED) is 0.122. The minimum absolute atomic E-state index is 0.0448. The molecule has 384 valence electrons. The average Bonchev–Trinajstić information content (AvgIpc) is 3.96. The summed E-state index contributed by atoms with van der Waals surface area (Å²) >= 11 is 0.